The molecule has 0 aliphatic rings. The number of hydrogen-bond acceptors (Lipinski definition) is 3. The van der Waals surface area contributed by atoms with Gasteiger partial charge < -0.3 is 9.73 Å². The number of Topliss-reactive ketones (excluding diaryl/α,β-unsaturated/α-hetero) is 1. The molecule has 1 heterocycles. The zero-order valence-corrected chi connectivity index (χ0v) is 12.3. The van der Waals surface area contributed by atoms with Crippen LogP contribution in [0.4, 0.5) is 0 Å². The molecule has 1 aromatic carbocycles. The third-order valence-electron chi connectivity index (χ3n) is 3.22. The predicted octanol–water partition coefficient (Wildman–Crippen LogP) is 3.68. The van der Waals surface area contributed by atoms with Crippen molar-refractivity contribution in [1.29, 1.82) is 0 Å². The maximum atomic E-state index is 11.9. The van der Waals surface area contributed by atoms with Crippen molar-refractivity contribution in [3.63, 3.8) is 0 Å². The summed E-state index contributed by atoms with van der Waals surface area (Å²) >= 11 is 0. The number of nitrogens with one attached hydrogen (secondary N) is 1. The second-order valence-electron chi connectivity index (χ2n) is 4.91. The summed E-state index contributed by atoms with van der Waals surface area (Å²) in [5.41, 5.74) is 1.50. The number of benzene rings is 1. The van der Waals surface area contributed by atoms with Crippen molar-refractivity contribution in [2.24, 2.45) is 0 Å². The van der Waals surface area contributed by atoms with Gasteiger partial charge in [-0.15, -0.1) is 0 Å². The van der Waals surface area contributed by atoms with E-state index in [0.717, 1.165) is 18.4 Å². The van der Waals surface area contributed by atoms with E-state index in [1.807, 2.05) is 12.1 Å². The van der Waals surface area contributed by atoms with Gasteiger partial charge in [-0.3, -0.25) is 9.59 Å². The van der Waals surface area contributed by atoms with Gasteiger partial charge in [0.1, 0.15) is 5.76 Å². The van der Waals surface area contributed by atoms with E-state index in [-0.39, 0.29) is 11.7 Å². The summed E-state index contributed by atoms with van der Waals surface area (Å²) in [6.07, 6.45) is 1.98. The summed E-state index contributed by atoms with van der Waals surface area (Å²) in [7, 11) is 0. The molecule has 21 heavy (non-hydrogen) atoms. The smallest absolute Gasteiger partial charge is 0.287 e. The van der Waals surface area contributed by atoms with Crippen LogP contribution in [0.3, 0.4) is 0 Å². The Morgan fingerprint density at radius 1 is 1.10 bits per heavy atom. The summed E-state index contributed by atoms with van der Waals surface area (Å²) in [5.74, 6) is 0.745. The topological polar surface area (TPSA) is 59.3 Å². The zero-order valence-electron chi connectivity index (χ0n) is 12.3. The van der Waals surface area contributed by atoms with Crippen molar-refractivity contribution in [3.8, 4) is 11.3 Å². The first-order valence-corrected chi connectivity index (χ1v) is 7.11. The third kappa shape index (κ3) is 3.81. The number of carbonyl (C=O) groups excluding carboxylic acids is 2. The van der Waals surface area contributed by atoms with Gasteiger partial charge in [0.15, 0.2) is 11.5 Å². The van der Waals surface area contributed by atoms with Gasteiger partial charge >= 0.3 is 0 Å². The third-order valence-corrected chi connectivity index (χ3v) is 3.22. The molecule has 0 fully saturated rings. The molecule has 1 N–H and O–H groups in total. The van der Waals surface area contributed by atoms with Gasteiger partial charge in [0.2, 0.25) is 0 Å². The molecule has 2 aromatic rings. The maximum absolute atomic E-state index is 11.9. The van der Waals surface area contributed by atoms with Crippen molar-refractivity contribution in [2.45, 2.75) is 26.7 Å². The minimum Gasteiger partial charge on any atom is -0.451 e. The first-order valence-electron chi connectivity index (χ1n) is 7.11. The number of carbonyl (C=O) groups is 2. The van der Waals surface area contributed by atoms with Gasteiger partial charge in [-0.2, -0.15) is 0 Å². The lowest BCUT2D eigenvalue weighted by atomic mass is 10.1. The quantitative estimate of drug-likeness (QED) is 0.650. The maximum Gasteiger partial charge on any atom is 0.287 e. The van der Waals surface area contributed by atoms with E-state index in [9.17, 15) is 9.59 Å². The summed E-state index contributed by atoms with van der Waals surface area (Å²) < 4.78 is 5.57. The Morgan fingerprint density at radius 3 is 2.43 bits per heavy atom. The average molecular weight is 285 g/mol. The molecule has 0 atom stereocenters. The molecular weight excluding hydrogens is 266 g/mol. The van der Waals surface area contributed by atoms with Crippen LogP contribution >= 0.6 is 0 Å². The molecule has 1 amide bonds. The zero-order chi connectivity index (χ0) is 15.2. The highest BCUT2D eigenvalue weighted by Gasteiger charge is 2.11. The molecular formula is C17H19NO3. The SMILES string of the molecule is CCCCNC(=O)c1ccc(-c2ccc(C(C)=O)cc2)o1. The van der Waals surface area contributed by atoms with Gasteiger partial charge in [-0.25, -0.2) is 0 Å². The highest BCUT2D eigenvalue weighted by Crippen LogP contribution is 2.22. The molecule has 4 heteroatoms. The predicted molar refractivity (Wildman–Crippen MR) is 81.4 cm³/mol. The van der Waals surface area contributed by atoms with Crippen molar-refractivity contribution in [2.75, 3.05) is 6.54 Å². The van der Waals surface area contributed by atoms with Crippen LogP contribution in [0.15, 0.2) is 40.8 Å². The lowest BCUT2D eigenvalue weighted by molar-refractivity contribution is 0.0925. The minimum absolute atomic E-state index is 0.0250. The number of unbranched alkanes of at least 4 members (excludes halogenated alkanes) is 1. The Balaban J connectivity index is 2.08. The van der Waals surface area contributed by atoms with Crippen LogP contribution in [0.5, 0.6) is 0 Å². The first kappa shape index (κ1) is 15.0. The number of amides is 1. The molecule has 0 unspecified atom stereocenters. The lowest BCUT2D eigenvalue weighted by Crippen LogP contribution is -2.23. The van der Waals surface area contributed by atoms with E-state index in [2.05, 4.69) is 12.2 Å². The molecule has 4 nitrogen and oxygen atoms in total. The first-order chi connectivity index (χ1) is 10.1. The molecule has 110 valence electrons. The summed E-state index contributed by atoms with van der Waals surface area (Å²) in [6, 6.07) is 10.6. The van der Waals surface area contributed by atoms with Crippen LogP contribution in [0.1, 0.15) is 47.6 Å². The molecule has 0 spiro atoms. The summed E-state index contributed by atoms with van der Waals surface area (Å²) in [5, 5.41) is 2.81. The van der Waals surface area contributed by atoms with Crippen LogP contribution in [-0.2, 0) is 0 Å². The molecule has 0 bridgehead atoms. The Morgan fingerprint density at radius 2 is 1.81 bits per heavy atom. The standard InChI is InChI=1S/C17H19NO3/c1-3-4-11-18-17(20)16-10-9-15(21-16)14-7-5-13(6-8-14)12(2)19/h5-10H,3-4,11H2,1-2H3,(H,18,20). The highest BCUT2D eigenvalue weighted by molar-refractivity contribution is 5.94. The van der Waals surface area contributed by atoms with Crippen molar-refractivity contribution < 1.29 is 14.0 Å². The minimum atomic E-state index is -0.199. The van der Waals surface area contributed by atoms with E-state index in [0.29, 0.717) is 23.6 Å². The molecule has 0 saturated heterocycles. The van der Waals surface area contributed by atoms with Crippen molar-refractivity contribution in [1.82, 2.24) is 5.32 Å². The monoisotopic (exact) mass is 285 g/mol. The van der Waals surface area contributed by atoms with Gasteiger partial charge in [0, 0.05) is 17.7 Å². The largest absolute Gasteiger partial charge is 0.451 e. The van der Waals surface area contributed by atoms with E-state index < -0.39 is 0 Å². The number of hydrogen-bond donors (Lipinski definition) is 1. The fourth-order valence-electron chi connectivity index (χ4n) is 1.95. The lowest BCUT2D eigenvalue weighted by Gasteiger charge is -2.01. The molecule has 0 saturated carbocycles. The van der Waals surface area contributed by atoms with Crippen LogP contribution < -0.4 is 5.32 Å². The normalized spacial score (nSPS) is 10.4. The number of rotatable bonds is 6. The molecule has 0 aliphatic heterocycles. The van der Waals surface area contributed by atoms with E-state index in [1.165, 1.54) is 6.92 Å². The number of furan rings is 1. The summed E-state index contributed by atoms with van der Waals surface area (Å²) in [4.78, 5) is 23.1. The van der Waals surface area contributed by atoms with E-state index in [1.54, 1.807) is 24.3 Å². The van der Waals surface area contributed by atoms with E-state index in [4.69, 9.17) is 4.42 Å². The molecule has 2 rings (SSSR count). The summed E-state index contributed by atoms with van der Waals surface area (Å²) in [6.45, 7) is 4.25. The van der Waals surface area contributed by atoms with Crippen LogP contribution in [-0.4, -0.2) is 18.2 Å². The average Bonchev–Trinajstić information content (AvgIpc) is 2.97. The fourth-order valence-corrected chi connectivity index (χ4v) is 1.95. The second kappa shape index (κ2) is 6.88. The Labute approximate surface area is 124 Å². The van der Waals surface area contributed by atoms with Crippen LogP contribution in [0.25, 0.3) is 11.3 Å². The van der Waals surface area contributed by atoms with Gasteiger partial charge in [0.05, 0.1) is 0 Å². The number of ketones is 1. The Kier molecular flexibility index (Phi) is 4.93. The Hall–Kier alpha value is -2.36. The molecule has 0 radical (unpaired) electrons. The van der Waals surface area contributed by atoms with Gasteiger partial charge in [-0.05, 0) is 25.5 Å². The van der Waals surface area contributed by atoms with Crippen LogP contribution in [0, 0.1) is 0 Å². The molecule has 1 aromatic heterocycles. The fraction of sp³-hybridized carbons (Fsp3) is 0.294. The molecule has 0 aliphatic carbocycles. The van der Waals surface area contributed by atoms with Crippen LogP contribution in [0.2, 0.25) is 0 Å². The Bertz CT molecular complexity index is 626. The van der Waals surface area contributed by atoms with Gasteiger partial charge in [0.25, 0.3) is 5.91 Å². The van der Waals surface area contributed by atoms with E-state index >= 15 is 0 Å². The highest BCUT2D eigenvalue weighted by atomic mass is 16.3. The van der Waals surface area contributed by atoms with Crippen molar-refractivity contribution in [3.05, 3.63) is 47.7 Å². The van der Waals surface area contributed by atoms with Crippen molar-refractivity contribution >= 4 is 11.7 Å². The van der Waals surface area contributed by atoms with Gasteiger partial charge in [-0.1, -0.05) is 37.6 Å². The second-order valence-corrected chi connectivity index (χ2v) is 4.91.